The number of carboxylic acid groups (broad SMARTS) is 1. The molecular formula is C26H38LiNO2. The number of rotatable bonds is 11. The number of hydrogen-bond acceptors (Lipinski definition) is 2. The topological polar surface area (TPSA) is 40.5 Å². The standard InChI is InChI=1S/C22H29NO2.C4H9.Li/c1-3-4-15-21(16-22(24)25)23(17-19-11-7-5-8-12-19)18(2)20-13-9-6-10-14-20;1-3-4-2;/h5-14,18,21H,3-4,15-17H2,1-2H3,(H,24,25);1,3-4H2,2H3;/q;-1;+1/t18-,21?;;/m0../s1. The van der Waals surface area contributed by atoms with E-state index in [0.29, 0.717) is 0 Å². The molecule has 0 aromatic heterocycles. The van der Waals surface area contributed by atoms with Crippen molar-refractivity contribution in [3.05, 3.63) is 78.7 Å². The van der Waals surface area contributed by atoms with E-state index >= 15 is 0 Å². The molecule has 2 atom stereocenters. The van der Waals surface area contributed by atoms with E-state index < -0.39 is 5.97 Å². The van der Waals surface area contributed by atoms with Gasteiger partial charge >= 0.3 is 24.8 Å². The Balaban J connectivity index is 0.00000154. The van der Waals surface area contributed by atoms with Crippen LogP contribution in [0, 0.1) is 6.92 Å². The fraction of sp³-hybridized carbons (Fsp3) is 0.462. The molecule has 0 radical (unpaired) electrons. The molecule has 3 nitrogen and oxygen atoms in total. The molecule has 0 saturated carbocycles. The Labute approximate surface area is 196 Å². The minimum atomic E-state index is -0.723. The van der Waals surface area contributed by atoms with E-state index in [-0.39, 0.29) is 37.4 Å². The summed E-state index contributed by atoms with van der Waals surface area (Å²) in [7, 11) is 0. The minimum absolute atomic E-state index is 0. The number of nitrogens with zero attached hydrogens (tertiary/aromatic N) is 1. The quantitative estimate of drug-likeness (QED) is 0.457. The van der Waals surface area contributed by atoms with Gasteiger partial charge in [0.25, 0.3) is 0 Å². The molecule has 1 unspecified atom stereocenters. The van der Waals surface area contributed by atoms with Crippen LogP contribution in [0.4, 0.5) is 0 Å². The monoisotopic (exact) mass is 403 g/mol. The fourth-order valence-electron chi connectivity index (χ4n) is 3.33. The van der Waals surface area contributed by atoms with Crippen LogP contribution >= 0.6 is 0 Å². The van der Waals surface area contributed by atoms with Gasteiger partial charge < -0.3 is 12.0 Å². The normalized spacial score (nSPS) is 12.3. The molecule has 4 heteroatoms. The second kappa shape index (κ2) is 17.2. The Morgan fingerprint density at radius 1 is 1.00 bits per heavy atom. The van der Waals surface area contributed by atoms with Crippen LogP contribution in [0.3, 0.4) is 0 Å². The maximum Gasteiger partial charge on any atom is 1.00 e. The second-order valence-corrected chi connectivity index (χ2v) is 7.49. The number of carbonyl (C=O) groups is 1. The second-order valence-electron chi connectivity index (χ2n) is 7.49. The average Bonchev–Trinajstić information content (AvgIpc) is 2.76. The molecule has 0 aliphatic rings. The predicted octanol–water partition coefficient (Wildman–Crippen LogP) is 3.91. The number of carboxylic acids is 1. The number of benzene rings is 2. The van der Waals surface area contributed by atoms with Gasteiger partial charge in [-0.1, -0.05) is 93.8 Å². The van der Waals surface area contributed by atoms with Crippen molar-refractivity contribution in [1.82, 2.24) is 4.90 Å². The van der Waals surface area contributed by atoms with Gasteiger partial charge in [0.1, 0.15) is 0 Å². The van der Waals surface area contributed by atoms with Crippen molar-refractivity contribution >= 4 is 5.97 Å². The van der Waals surface area contributed by atoms with Crippen LogP contribution in [0.2, 0.25) is 0 Å². The molecule has 160 valence electrons. The van der Waals surface area contributed by atoms with E-state index in [4.69, 9.17) is 0 Å². The van der Waals surface area contributed by atoms with Crippen molar-refractivity contribution < 1.29 is 28.8 Å². The van der Waals surface area contributed by atoms with Gasteiger partial charge in [-0.05, 0) is 24.5 Å². The molecule has 0 fully saturated rings. The molecule has 0 saturated heterocycles. The van der Waals surface area contributed by atoms with E-state index in [9.17, 15) is 9.90 Å². The van der Waals surface area contributed by atoms with Crippen LogP contribution < -0.4 is 18.9 Å². The fourth-order valence-corrected chi connectivity index (χ4v) is 3.33. The molecule has 0 heterocycles. The van der Waals surface area contributed by atoms with Crippen molar-refractivity contribution in [2.75, 3.05) is 0 Å². The van der Waals surface area contributed by atoms with Gasteiger partial charge in [0.2, 0.25) is 0 Å². The zero-order valence-electron chi connectivity index (χ0n) is 19.4. The summed E-state index contributed by atoms with van der Waals surface area (Å²) in [6.07, 6.45) is 5.50. The first-order valence-corrected chi connectivity index (χ1v) is 10.9. The van der Waals surface area contributed by atoms with Crippen molar-refractivity contribution in [3.63, 3.8) is 0 Å². The Hall–Kier alpha value is -1.53. The van der Waals surface area contributed by atoms with E-state index in [1.807, 2.05) is 36.4 Å². The molecule has 1 N–H and O–H groups in total. The number of aliphatic carboxylic acids is 1. The van der Waals surface area contributed by atoms with Crippen LogP contribution in [-0.2, 0) is 11.3 Å². The molecule has 30 heavy (non-hydrogen) atoms. The summed E-state index contributed by atoms with van der Waals surface area (Å²) in [5.74, 6) is -0.723. The molecule has 2 aromatic carbocycles. The van der Waals surface area contributed by atoms with Crippen molar-refractivity contribution in [1.29, 1.82) is 0 Å². The third kappa shape index (κ3) is 11.0. The van der Waals surface area contributed by atoms with Gasteiger partial charge in [-0.15, -0.1) is 0 Å². The molecule has 0 bridgehead atoms. The summed E-state index contributed by atoms with van der Waals surface area (Å²) >= 11 is 0. The van der Waals surface area contributed by atoms with Gasteiger partial charge in [0.15, 0.2) is 0 Å². The molecule has 0 amide bonds. The van der Waals surface area contributed by atoms with Gasteiger partial charge in [-0.3, -0.25) is 9.69 Å². The van der Waals surface area contributed by atoms with E-state index in [0.717, 1.165) is 32.2 Å². The minimum Gasteiger partial charge on any atom is -0.481 e. The van der Waals surface area contributed by atoms with Crippen molar-refractivity contribution in [3.8, 4) is 0 Å². The summed E-state index contributed by atoms with van der Waals surface area (Å²) in [6.45, 7) is 10.8. The zero-order valence-corrected chi connectivity index (χ0v) is 19.4. The van der Waals surface area contributed by atoms with E-state index in [1.165, 1.54) is 17.5 Å². The third-order valence-corrected chi connectivity index (χ3v) is 5.11. The van der Waals surface area contributed by atoms with E-state index in [1.54, 1.807) is 0 Å². The van der Waals surface area contributed by atoms with Gasteiger partial charge in [0, 0.05) is 18.6 Å². The maximum absolute atomic E-state index is 11.5. The third-order valence-electron chi connectivity index (χ3n) is 5.11. The Kier molecular flexibility index (Phi) is 16.3. The first-order chi connectivity index (χ1) is 14.0. The number of hydrogen-bond donors (Lipinski definition) is 1. The molecule has 2 rings (SSSR count). The van der Waals surface area contributed by atoms with Crippen LogP contribution in [0.15, 0.2) is 60.7 Å². The van der Waals surface area contributed by atoms with E-state index in [2.05, 4.69) is 56.9 Å². The van der Waals surface area contributed by atoms with Crippen LogP contribution in [0.5, 0.6) is 0 Å². The number of unbranched alkanes of at least 4 members (excludes halogenated alkanes) is 2. The molecule has 0 aliphatic heterocycles. The summed E-state index contributed by atoms with van der Waals surface area (Å²) in [6, 6.07) is 20.9. The smallest absolute Gasteiger partial charge is 0.481 e. The molecule has 2 aromatic rings. The van der Waals surface area contributed by atoms with Crippen molar-refractivity contribution in [2.24, 2.45) is 0 Å². The zero-order chi connectivity index (χ0) is 21.5. The van der Waals surface area contributed by atoms with Gasteiger partial charge in [0.05, 0.1) is 6.42 Å². The van der Waals surface area contributed by atoms with Crippen LogP contribution in [-0.4, -0.2) is 22.0 Å². The SMILES string of the molecule is CCCCC(CC(=O)O)N(Cc1ccccc1)[C@@H](C)c1ccccc1.[CH2-]CCC.[Li+]. The van der Waals surface area contributed by atoms with Crippen LogP contribution in [0.1, 0.15) is 76.5 Å². The predicted molar refractivity (Wildman–Crippen MR) is 123 cm³/mol. The molecule has 0 aliphatic carbocycles. The molecule has 0 spiro atoms. The summed E-state index contributed by atoms with van der Waals surface area (Å²) in [5, 5.41) is 9.42. The largest absolute Gasteiger partial charge is 1.00 e. The average molecular weight is 404 g/mol. The van der Waals surface area contributed by atoms with Gasteiger partial charge in [-0.25, -0.2) is 0 Å². The van der Waals surface area contributed by atoms with Crippen molar-refractivity contribution in [2.45, 2.75) is 77.9 Å². The molecular weight excluding hydrogens is 365 g/mol. The Morgan fingerprint density at radius 2 is 1.53 bits per heavy atom. The Bertz CT molecular complexity index is 661. The first kappa shape index (κ1) is 28.5. The Morgan fingerprint density at radius 3 is 2.00 bits per heavy atom. The summed E-state index contributed by atoms with van der Waals surface area (Å²) < 4.78 is 0. The van der Waals surface area contributed by atoms with Crippen LogP contribution in [0.25, 0.3) is 0 Å². The van der Waals surface area contributed by atoms with Gasteiger partial charge in [-0.2, -0.15) is 6.42 Å². The first-order valence-electron chi connectivity index (χ1n) is 10.9. The summed E-state index contributed by atoms with van der Waals surface area (Å²) in [4.78, 5) is 13.8. The maximum atomic E-state index is 11.5. The summed E-state index contributed by atoms with van der Waals surface area (Å²) in [5.41, 5.74) is 2.45.